The van der Waals surface area contributed by atoms with Crippen LogP contribution in [0.15, 0.2) is 59.5 Å². The molecule has 0 fully saturated rings. The Bertz CT molecular complexity index is 948. The smallest absolute Gasteiger partial charge is 0.219 e. The van der Waals surface area contributed by atoms with E-state index in [2.05, 4.69) is 59.5 Å². The number of nitrogens with zero attached hydrogens (tertiary/aromatic N) is 3. The number of carbonyl (C=O) groups excluding carboxylic acids is 1. The van der Waals surface area contributed by atoms with Crippen molar-refractivity contribution in [2.75, 3.05) is 12.8 Å². The predicted molar refractivity (Wildman–Crippen MR) is 110 cm³/mol. The van der Waals surface area contributed by atoms with E-state index in [9.17, 15) is 4.79 Å². The Labute approximate surface area is 164 Å². The number of hydrogen-bond acceptors (Lipinski definition) is 3. The fourth-order valence-corrected chi connectivity index (χ4v) is 4.04. The molecular weight excluding hydrogens is 354 g/mol. The summed E-state index contributed by atoms with van der Waals surface area (Å²) in [6.45, 7) is 3.80. The van der Waals surface area contributed by atoms with Crippen molar-refractivity contribution in [2.24, 2.45) is 0 Å². The van der Waals surface area contributed by atoms with Crippen LogP contribution in [0.4, 0.5) is 0 Å². The molecule has 27 heavy (non-hydrogen) atoms. The summed E-state index contributed by atoms with van der Waals surface area (Å²) in [4.78, 5) is 15.1. The summed E-state index contributed by atoms with van der Waals surface area (Å²) in [5, 5.41) is 4.98. The number of fused-ring (bicyclic) bond motifs is 1. The van der Waals surface area contributed by atoms with E-state index in [0.29, 0.717) is 6.54 Å². The lowest BCUT2D eigenvalue weighted by atomic mass is 10.0. The Kier molecular flexibility index (Phi) is 5.03. The van der Waals surface area contributed by atoms with Crippen molar-refractivity contribution in [3.8, 4) is 11.3 Å². The highest BCUT2D eigenvalue weighted by atomic mass is 32.2. The van der Waals surface area contributed by atoms with E-state index in [1.165, 1.54) is 21.7 Å². The number of benzene rings is 2. The van der Waals surface area contributed by atoms with Gasteiger partial charge >= 0.3 is 0 Å². The van der Waals surface area contributed by atoms with Crippen LogP contribution in [0.1, 0.15) is 23.7 Å². The molecule has 1 aliphatic heterocycles. The van der Waals surface area contributed by atoms with Crippen LogP contribution in [-0.4, -0.2) is 33.4 Å². The molecule has 0 aliphatic carbocycles. The zero-order valence-corrected chi connectivity index (χ0v) is 16.5. The van der Waals surface area contributed by atoms with Crippen LogP contribution >= 0.6 is 11.8 Å². The maximum atomic E-state index is 11.9. The molecule has 0 atom stereocenters. The average molecular weight is 378 g/mol. The van der Waals surface area contributed by atoms with Crippen LogP contribution in [0.25, 0.3) is 11.3 Å². The first-order valence-electron chi connectivity index (χ1n) is 9.18. The third-order valence-corrected chi connectivity index (χ3v) is 5.86. The van der Waals surface area contributed by atoms with Crippen LogP contribution in [-0.2, 0) is 24.3 Å². The van der Waals surface area contributed by atoms with Crippen molar-refractivity contribution >= 4 is 17.7 Å². The van der Waals surface area contributed by atoms with E-state index in [1.54, 1.807) is 18.7 Å². The van der Waals surface area contributed by atoms with Gasteiger partial charge in [0.05, 0.1) is 12.2 Å². The molecule has 4 nitrogen and oxygen atoms in total. The van der Waals surface area contributed by atoms with Gasteiger partial charge in [-0.25, -0.2) is 0 Å². The zero-order valence-electron chi connectivity index (χ0n) is 15.7. The first kappa shape index (κ1) is 17.9. The first-order chi connectivity index (χ1) is 13.2. The largest absolute Gasteiger partial charge is 0.338 e. The molecule has 0 bridgehead atoms. The molecule has 2 heterocycles. The van der Waals surface area contributed by atoms with E-state index in [-0.39, 0.29) is 5.91 Å². The van der Waals surface area contributed by atoms with E-state index in [1.807, 2.05) is 11.0 Å². The number of carbonyl (C=O) groups is 1. The molecule has 1 aromatic heterocycles. The summed E-state index contributed by atoms with van der Waals surface area (Å²) in [5.41, 5.74) is 5.78. The summed E-state index contributed by atoms with van der Waals surface area (Å²) in [6.07, 6.45) is 2.92. The standard InChI is InChI=1S/C22H23N3OS/c1-16(26)24-13-12-21-20(15-24)22(18-8-10-19(27-2)11-9-18)23-25(21)14-17-6-4-3-5-7-17/h3-11H,12-15H2,1-2H3. The highest BCUT2D eigenvalue weighted by molar-refractivity contribution is 7.98. The van der Waals surface area contributed by atoms with Gasteiger partial charge in [0.2, 0.25) is 5.91 Å². The molecule has 2 aromatic carbocycles. The number of hydrogen-bond donors (Lipinski definition) is 0. The van der Waals surface area contributed by atoms with E-state index >= 15 is 0 Å². The van der Waals surface area contributed by atoms with Gasteiger partial charge < -0.3 is 4.90 Å². The van der Waals surface area contributed by atoms with Gasteiger partial charge in [-0.05, 0) is 24.0 Å². The number of aromatic nitrogens is 2. The first-order valence-corrected chi connectivity index (χ1v) is 10.4. The molecule has 3 aromatic rings. The molecule has 1 aliphatic rings. The molecule has 0 unspecified atom stereocenters. The monoisotopic (exact) mass is 377 g/mol. The van der Waals surface area contributed by atoms with Crippen LogP contribution in [0.2, 0.25) is 0 Å². The highest BCUT2D eigenvalue weighted by Gasteiger charge is 2.26. The van der Waals surface area contributed by atoms with Gasteiger partial charge in [-0.15, -0.1) is 11.8 Å². The average Bonchev–Trinajstić information content (AvgIpc) is 3.06. The normalized spacial score (nSPS) is 13.5. The Morgan fingerprint density at radius 1 is 1.11 bits per heavy atom. The molecule has 0 spiro atoms. The van der Waals surface area contributed by atoms with Crippen molar-refractivity contribution < 1.29 is 4.79 Å². The Morgan fingerprint density at radius 3 is 2.52 bits per heavy atom. The molecular formula is C22H23N3OS. The molecule has 0 radical (unpaired) electrons. The summed E-state index contributed by atoms with van der Waals surface area (Å²) in [6, 6.07) is 18.9. The SMILES string of the molecule is CSc1ccc(-c2nn(Cc3ccccc3)c3c2CN(C(C)=O)CC3)cc1. The van der Waals surface area contributed by atoms with Gasteiger partial charge in [0.25, 0.3) is 0 Å². The van der Waals surface area contributed by atoms with Crippen molar-refractivity contribution in [3.63, 3.8) is 0 Å². The number of rotatable bonds is 4. The Hall–Kier alpha value is -2.53. The summed E-state index contributed by atoms with van der Waals surface area (Å²) >= 11 is 1.73. The maximum absolute atomic E-state index is 11.9. The van der Waals surface area contributed by atoms with Crippen LogP contribution in [0, 0.1) is 0 Å². The van der Waals surface area contributed by atoms with Gasteiger partial charge in [0, 0.05) is 48.2 Å². The van der Waals surface area contributed by atoms with Gasteiger partial charge in [-0.1, -0.05) is 42.5 Å². The van der Waals surface area contributed by atoms with Crippen LogP contribution < -0.4 is 0 Å². The second-order valence-corrected chi connectivity index (χ2v) is 7.72. The van der Waals surface area contributed by atoms with Crippen LogP contribution in [0.3, 0.4) is 0 Å². The minimum Gasteiger partial charge on any atom is -0.338 e. The van der Waals surface area contributed by atoms with Crippen LogP contribution in [0.5, 0.6) is 0 Å². The quantitative estimate of drug-likeness (QED) is 0.639. The minimum atomic E-state index is 0.125. The van der Waals surface area contributed by atoms with E-state index < -0.39 is 0 Å². The fraction of sp³-hybridized carbons (Fsp3) is 0.273. The lowest BCUT2D eigenvalue weighted by Crippen LogP contribution is -2.34. The topological polar surface area (TPSA) is 38.1 Å². The van der Waals surface area contributed by atoms with Gasteiger partial charge in [-0.3, -0.25) is 9.48 Å². The molecule has 1 amide bonds. The Balaban J connectivity index is 1.76. The summed E-state index contributed by atoms with van der Waals surface area (Å²) in [5.74, 6) is 0.125. The van der Waals surface area contributed by atoms with Crippen molar-refractivity contribution in [3.05, 3.63) is 71.4 Å². The van der Waals surface area contributed by atoms with E-state index in [0.717, 1.165) is 30.8 Å². The Morgan fingerprint density at radius 2 is 1.85 bits per heavy atom. The second-order valence-electron chi connectivity index (χ2n) is 6.84. The molecule has 4 rings (SSSR count). The molecule has 0 saturated heterocycles. The van der Waals surface area contributed by atoms with E-state index in [4.69, 9.17) is 5.10 Å². The number of thioether (sulfide) groups is 1. The molecule has 0 N–H and O–H groups in total. The third-order valence-electron chi connectivity index (χ3n) is 5.12. The molecule has 0 saturated carbocycles. The molecule has 138 valence electrons. The van der Waals surface area contributed by atoms with Crippen molar-refractivity contribution in [1.82, 2.24) is 14.7 Å². The lowest BCUT2D eigenvalue weighted by molar-refractivity contribution is -0.129. The van der Waals surface area contributed by atoms with Crippen molar-refractivity contribution in [2.45, 2.75) is 31.3 Å². The minimum absolute atomic E-state index is 0.125. The highest BCUT2D eigenvalue weighted by Crippen LogP contribution is 2.31. The summed E-state index contributed by atoms with van der Waals surface area (Å²) in [7, 11) is 0. The van der Waals surface area contributed by atoms with Crippen molar-refractivity contribution in [1.29, 1.82) is 0 Å². The second kappa shape index (κ2) is 7.61. The third kappa shape index (κ3) is 3.65. The lowest BCUT2D eigenvalue weighted by Gasteiger charge is -2.27. The van der Waals surface area contributed by atoms with Gasteiger partial charge in [0.15, 0.2) is 0 Å². The number of amides is 1. The van der Waals surface area contributed by atoms with Gasteiger partial charge in [0.1, 0.15) is 0 Å². The fourth-order valence-electron chi connectivity index (χ4n) is 3.63. The predicted octanol–water partition coefficient (Wildman–Crippen LogP) is 4.22. The summed E-state index contributed by atoms with van der Waals surface area (Å²) < 4.78 is 2.12. The molecule has 5 heteroatoms. The maximum Gasteiger partial charge on any atom is 0.219 e. The zero-order chi connectivity index (χ0) is 18.8. The van der Waals surface area contributed by atoms with Gasteiger partial charge in [-0.2, -0.15) is 5.10 Å².